The zero-order chi connectivity index (χ0) is 18.0. The number of benzene rings is 1. The molecule has 0 bridgehead atoms. The van der Waals surface area contributed by atoms with Crippen molar-refractivity contribution in [1.82, 2.24) is 9.47 Å². The maximum atomic E-state index is 12.4. The quantitative estimate of drug-likeness (QED) is 0.832. The van der Waals surface area contributed by atoms with Gasteiger partial charge in [0.05, 0.1) is 4.91 Å². The Morgan fingerprint density at radius 2 is 1.96 bits per heavy atom. The Labute approximate surface area is 153 Å². The van der Waals surface area contributed by atoms with Gasteiger partial charge in [0.2, 0.25) is 5.91 Å². The van der Waals surface area contributed by atoms with E-state index in [-0.39, 0.29) is 6.54 Å². The van der Waals surface area contributed by atoms with Crippen LogP contribution < -0.4 is 5.32 Å². The molecular formula is C17H14ClN3O3S. The van der Waals surface area contributed by atoms with Crippen molar-refractivity contribution in [2.75, 3.05) is 11.9 Å². The summed E-state index contributed by atoms with van der Waals surface area (Å²) in [6, 6.07) is 10.2. The standard InChI is InChI=1S/C17H14ClN3O3S/c1-20-8-2-3-13(20)9-14-16(23)21(17(24)25-14)10-15(22)19-12-6-4-11(18)5-7-12/h2-9H,10H2,1H3,(H,19,22)/b14-9+. The molecule has 0 atom stereocenters. The summed E-state index contributed by atoms with van der Waals surface area (Å²) < 4.78 is 1.83. The van der Waals surface area contributed by atoms with E-state index in [2.05, 4.69) is 5.32 Å². The van der Waals surface area contributed by atoms with Gasteiger partial charge in [0.1, 0.15) is 6.54 Å². The minimum Gasteiger partial charge on any atom is -0.351 e. The number of anilines is 1. The smallest absolute Gasteiger partial charge is 0.294 e. The first-order valence-electron chi connectivity index (χ1n) is 7.36. The van der Waals surface area contributed by atoms with Gasteiger partial charge in [-0.1, -0.05) is 11.6 Å². The molecule has 2 heterocycles. The second-order valence-corrected chi connectivity index (χ2v) is 6.80. The molecule has 1 N–H and O–H groups in total. The van der Waals surface area contributed by atoms with Gasteiger partial charge >= 0.3 is 0 Å². The van der Waals surface area contributed by atoms with Crippen molar-refractivity contribution in [1.29, 1.82) is 0 Å². The molecular weight excluding hydrogens is 362 g/mol. The van der Waals surface area contributed by atoms with Crippen LogP contribution in [0.15, 0.2) is 47.5 Å². The zero-order valence-corrected chi connectivity index (χ0v) is 14.8. The SMILES string of the molecule is Cn1cccc1/C=C1/SC(=O)N(CC(=O)Nc2ccc(Cl)cc2)C1=O. The molecule has 1 aliphatic rings. The number of hydrogen-bond acceptors (Lipinski definition) is 4. The third-order valence-electron chi connectivity index (χ3n) is 3.57. The molecule has 1 aromatic heterocycles. The van der Waals surface area contributed by atoms with Crippen LogP contribution in [-0.2, 0) is 16.6 Å². The predicted molar refractivity (Wildman–Crippen MR) is 98.2 cm³/mol. The number of aromatic nitrogens is 1. The van der Waals surface area contributed by atoms with Crippen LogP contribution >= 0.6 is 23.4 Å². The fraction of sp³-hybridized carbons (Fsp3) is 0.118. The van der Waals surface area contributed by atoms with E-state index in [1.807, 2.05) is 29.9 Å². The fourth-order valence-corrected chi connectivity index (χ4v) is 3.22. The van der Waals surface area contributed by atoms with Crippen molar-refractivity contribution in [3.8, 4) is 0 Å². The predicted octanol–water partition coefficient (Wildman–Crippen LogP) is 3.35. The number of aryl methyl sites for hydroxylation is 1. The van der Waals surface area contributed by atoms with E-state index in [1.54, 1.807) is 30.3 Å². The molecule has 6 nitrogen and oxygen atoms in total. The van der Waals surface area contributed by atoms with Gasteiger partial charge in [-0.3, -0.25) is 19.3 Å². The van der Waals surface area contributed by atoms with E-state index in [0.717, 1.165) is 22.4 Å². The highest BCUT2D eigenvalue weighted by atomic mass is 35.5. The van der Waals surface area contributed by atoms with Crippen molar-refractivity contribution >= 4 is 52.2 Å². The minimum absolute atomic E-state index is 0.297. The lowest BCUT2D eigenvalue weighted by molar-refractivity contribution is -0.127. The maximum absolute atomic E-state index is 12.4. The molecule has 0 spiro atoms. The van der Waals surface area contributed by atoms with Crippen LogP contribution in [0.25, 0.3) is 6.08 Å². The maximum Gasteiger partial charge on any atom is 0.294 e. The van der Waals surface area contributed by atoms with Crippen molar-refractivity contribution in [2.45, 2.75) is 0 Å². The van der Waals surface area contributed by atoms with Crippen molar-refractivity contribution < 1.29 is 14.4 Å². The zero-order valence-electron chi connectivity index (χ0n) is 13.2. The molecule has 1 aliphatic heterocycles. The lowest BCUT2D eigenvalue weighted by Crippen LogP contribution is -2.36. The summed E-state index contributed by atoms with van der Waals surface area (Å²) in [6.45, 7) is -0.336. The van der Waals surface area contributed by atoms with Gasteiger partial charge in [-0.25, -0.2) is 0 Å². The summed E-state index contributed by atoms with van der Waals surface area (Å²) in [4.78, 5) is 37.8. The molecule has 1 fully saturated rings. The first kappa shape index (κ1) is 17.3. The van der Waals surface area contributed by atoms with Crippen LogP contribution in [0.2, 0.25) is 5.02 Å². The highest BCUT2D eigenvalue weighted by Gasteiger charge is 2.36. The van der Waals surface area contributed by atoms with Gasteiger partial charge < -0.3 is 9.88 Å². The summed E-state index contributed by atoms with van der Waals surface area (Å²) in [7, 11) is 1.84. The lowest BCUT2D eigenvalue weighted by atomic mass is 10.3. The molecule has 0 saturated carbocycles. The molecule has 3 rings (SSSR count). The number of hydrogen-bond donors (Lipinski definition) is 1. The van der Waals surface area contributed by atoms with Crippen LogP contribution in [0.4, 0.5) is 10.5 Å². The average Bonchev–Trinajstić information content (AvgIpc) is 3.08. The molecule has 8 heteroatoms. The largest absolute Gasteiger partial charge is 0.351 e. The molecule has 3 amide bonds. The Hall–Kier alpha value is -2.51. The Morgan fingerprint density at radius 3 is 2.60 bits per heavy atom. The van der Waals surface area contributed by atoms with Crippen molar-refractivity contribution in [3.63, 3.8) is 0 Å². The van der Waals surface area contributed by atoms with E-state index in [9.17, 15) is 14.4 Å². The molecule has 0 unspecified atom stereocenters. The summed E-state index contributed by atoms with van der Waals surface area (Å²) in [5.41, 5.74) is 1.34. The van der Waals surface area contributed by atoms with Gasteiger partial charge in [-0.2, -0.15) is 0 Å². The highest BCUT2D eigenvalue weighted by Crippen LogP contribution is 2.32. The number of carbonyl (C=O) groups is 3. The number of nitrogens with one attached hydrogen (secondary N) is 1. The van der Waals surface area contributed by atoms with Gasteiger partial charge in [0, 0.05) is 29.6 Å². The molecule has 25 heavy (non-hydrogen) atoms. The van der Waals surface area contributed by atoms with E-state index in [0.29, 0.717) is 15.6 Å². The van der Waals surface area contributed by atoms with Crippen molar-refractivity contribution in [3.05, 3.63) is 58.2 Å². The normalized spacial score (nSPS) is 15.9. The van der Waals surface area contributed by atoms with Crippen LogP contribution in [0.5, 0.6) is 0 Å². The number of nitrogens with zero attached hydrogens (tertiary/aromatic N) is 2. The van der Waals surface area contributed by atoms with E-state index < -0.39 is 17.1 Å². The van der Waals surface area contributed by atoms with Crippen molar-refractivity contribution in [2.24, 2.45) is 7.05 Å². The number of rotatable bonds is 4. The van der Waals surface area contributed by atoms with E-state index in [1.165, 1.54) is 0 Å². The first-order chi connectivity index (χ1) is 11.9. The molecule has 2 aromatic rings. The van der Waals surface area contributed by atoms with Gasteiger partial charge in [0.25, 0.3) is 11.1 Å². The number of amides is 3. The average molecular weight is 376 g/mol. The second-order valence-electron chi connectivity index (χ2n) is 5.37. The summed E-state index contributed by atoms with van der Waals surface area (Å²) >= 11 is 6.62. The van der Waals surface area contributed by atoms with Gasteiger partial charge in [-0.05, 0) is 54.2 Å². The first-order valence-corrected chi connectivity index (χ1v) is 8.55. The molecule has 1 saturated heterocycles. The summed E-state index contributed by atoms with van der Waals surface area (Å²) in [5, 5.41) is 2.72. The Bertz CT molecular complexity index is 874. The Kier molecular flexibility index (Phi) is 4.96. The minimum atomic E-state index is -0.470. The van der Waals surface area contributed by atoms with Crippen LogP contribution in [0.1, 0.15) is 5.69 Å². The van der Waals surface area contributed by atoms with Gasteiger partial charge in [0.15, 0.2) is 0 Å². The van der Waals surface area contributed by atoms with Crippen LogP contribution in [-0.4, -0.2) is 33.1 Å². The number of imide groups is 1. The fourth-order valence-electron chi connectivity index (χ4n) is 2.27. The summed E-state index contributed by atoms with van der Waals surface area (Å²) in [6.07, 6.45) is 3.48. The molecule has 0 radical (unpaired) electrons. The Morgan fingerprint density at radius 1 is 1.24 bits per heavy atom. The molecule has 0 aliphatic carbocycles. The van der Waals surface area contributed by atoms with Gasteiger partial charge in [-0.15, -0.1) is 0 Å². The molecule has 128 valence electrons. The van der Waals surface area contributed by atoms with Crippen LogP contribution in [0.3, 0.4) is 0 Å². The van der Waals surface area contributed by atoms with E-state index >= 15 is 0 Å². The highest BCUT2D eigenvalue weighted by molar-refractivity contribution is 8.18. The number of carbonyl (C=O) groups excluding carboxylic acids is 3. The number of halogens is 1. The number of thioether (sulfide) groups is 1. The van der Waals surface area contributed by atoms with E-state index in [4.69, 9.17) is 11.6 Å². The topological polar surface area (TPSA) is 71.4 Å². The third kappa shape index (κ3) is 3.94. The monoisotopic (exact) mass is 375 g/mol. The third-order valence-corrected chi connectivity index (χ3v) is 4.73. The Balaban J connectivity index is 1.68. The van der Waals surface area contributed by atoms with Crippen LogP contribution in [0, 0.1) is 0 Å². The lowest BCUT2D eigenvalue weighted by Gasteiger charge is -2.12. The summed E-state index contributed by atoms with van der Waals surface area (Å²) in [5.74, 6) is -0.924. The second kappa shape index (κ2) is 7.16. The molecule has 1 aromatic carbocycles.